The zero-order chi connectivity index (χ0) is 17.4. The average Bonchev–Trinajstić information content (AvgIpc) is 3.34. The van der Waals surface area contributed by atoms with Crippen LogP contribution >= 0.6 is 0 Å². The van der Waals surface area contributed by atoms with E-state index < -0.39 is 5.54 Å². The Balaban J connectivity index is 1.61. The van der Waals surface area contributed by atoms with E-state index in [1.807, 2.05) is 25.1 Å². The van der Waals surface area contributed by atoms with E-state index >= 15 is 0 Å². The highest BCUT2D eigenvalue weighted by atomic mass is 16.5. The number of hydrogen-bond acceptors (Lipinski definition) is 4. The molecule has 1 aromatic heterocycles. The second-order valence-electron chi connectivity index (χ2n) is 7.63. The van der Waals surface area contributed by atoms with Gasteiger partial charge in [0.05, 0.1) is 0 Å². The maximum atomic E-state index is 12.9. The lowest BCUT2D eigenvalue weighted by atomic mass is 9.81. The largest absolute Gasteiger partial charge is 0.338 e. The van der Waals surface area contributed by atoms with Crippen molar-refractivity contribution in [1.82, 2.24) is 15.5 Å². The van der Waals surface area contributed by atoms with E-state index in [0.717, 1.165) is 49.9 Å². The van der Waals surface area contributed by atoms with Crippen LogP contribution in [0.4, 0.5) is 0 Å². The predicted octanol–water partition coefficient (Wildman–Crippen LogP) is 4.15. The first-order valence-corrected chi connectivity index (χ1v) is 9.31. The van der Waals surface area contributed by atoms with Crippen molar-refractivity contribution in [2.24, 2.45) is 0 Å². The molecule has 25 heavy (non-hydrogen) atoms. The quantitative estimate of drug-likeness (QED) is 0.908. The number of hydrogen-bond donors (Lipinski definition) is 1. The Morgan fingerprint density at radius 2 is 1.92 bits per heavy atom. The van der Waals surface area contributed by atoms with Gasteiger partial charge in [-0.3, -0.25) is 4.79 Å². The summed E-state index contributed by atoms with van der Waals surface area (Å²) in [6.45, 7) is 4.08. The van der Waals surface area contributed by atoms with E-state index in [2.05, 4.69) is 22.4 Å². The van der Waals surface area contributed by atoms with Gasteiger partial charge in [-0.05, 0) is 62.8 Å². The third kappa shape index (κ3) is 3.20. The Labute approximate surface area is 148 Å². The zero-order valence-corrected chi connectivity index (χ0v) is 15.0. The number of rotatable bonds is 4. The molecule has 1 heterocycles. The van der Waals surface area contributed by atoms with Crippen molar-refractivity contribution in [3.05, 3.63) is 46.6 Å². The second kappa shape index (κ2) is 6.28. The van der Waals surface area contributed by atoms with Gasteiger partial charge in [-0.1, -0.05) is 30.5 Å². The van der Waals surface area contributed by atoms with Crippen LogP contribution in [0.2, 0.25) is 0 Å². The minimum absolute atomic E-state index is 0.0591. The number of benzene rings is 1. The molecule has 0 spiro atoms. The van der Waals surface area contributed by atoms with Crippen LogP contribution in [0.3, 0.4) is 0 Å². The standard InChI is InChI=1S/C20H25N3O2/c1-13-6-7-16(12-14(13)2)18(24)22-20(10-4-3-5-11-20)19-21-17(23-25-19)15-8-9-15/h6-7,12,15H,3-5,8-11H2,1-2H3,(H,22,24). The highest BCUT2D eigenvalue weighted by molar-refractivity contribution is 5.95. The van der Waals surface area contributed by atoms with Crippen molar-refractivity contribution in [3.63, 3.8) is 0 Å². The van der Waals surface area contributed by atoms with E-state index in [9.17, 15) is 4.79 Å². The second-order valence-corrected chi connectivity index (χ2v) is 7.63. The topological polar surface area (TPSA) is 68.0 Å². The molecule has 2 aliphatic carbocycles. The molecular weight excluding hydrogens is 314 g/mol. The van der Waals surface area contributed by atoms with E-state index in [1.54, 1.807) is 0 Å². The molecule has 0 atom stereocenters. The van der Waals surface area contributed by atoms with Crippen molar-refractivity contribution in [1.29, 1.82) is 0 Å². The summed E-state index contributed by atoms with van der Waals surface area (Å²) >= 11 is 0. The zero-order valence-electron chi connectivity index (χ0n) is 15.0. The smallest absolute Gasteiger partial charge is 0.252 e. The molecule has 2 aliphatic rings. The van der Waals surface area contributed by atoms with Crippen LogP contribution in [0.1, 0.15) is 84.1 Å². The number of nitrogens with zero attached hydrogens (tertiary/aromatic N) is 2. The lowest BCUT2D eigenvalue weighted by Gasteiger charge is -2.34. The predicted molar refractivity (Wildman–Crippen MR) is 94.4 cm³/mol. The van der Waals surface area contributed by atoms with Gasteiger partial charge in [0, 0.05) is 11.5 Å². The van der Waals surface area contributed by atoms with Gasteiger partial charge < -0.3 is 9.84 Å². The average molecular weight is 339 g/mol. The molecular formula is C20H25N3O2. The van der Waals surface area contributed by atoms with Gasteiger partial charge in [0.2, 0.25) is 0 Å². The summed E-state index contributed by atoms with van der Waals surface area (Å²) in [6, 6.07) is 5.83. The highest BCUT2D eigenvalue weighted by Gasteiger charge is 2.42. The van der Waals surface area contributed by atoms with Crippen LogP contribution < -0.4 is 5.32 Å². The monoisotopic (exact) mass is 339 g/mol. The summed E-state index contributed by atoms with van der Waals surface area (Å²) < 4.78 is 5.61. The van der Waals surface area contributed by atoms with Gasteiger partial charge in [0.25, 0.3) is 11.8 Å². The number of carbonyl (C=O) groups excluding carboxylic acids is 1. The fourth-order valence-corrected chi connectivity index (χ4v) is 3.66. The lowest BCUT2D eigenvalue weighted by Crippen LogP contribution is -2.47. The summed E-state index contributed by atoms with van der Waals surface area (Å²) in [6.07, 6.45) is 7.31. The fourth-order valence-electron chi connectivity index (χ4n) is 3.66. The number of carbonyl (C=O) groups is 1. The Morgan fingerprint density at radius 3 is 2.60 bits per heavy atom. The normalized spacial score (nSPS) is 19.6. The van der Waals surface area contributed by atoms with Crippen molar-refractivity contribution in [2.45, 2.75) is 70.3 Å². The Hall–Kier alpha value is -2.17. The Bertz CT molecular complexity index is 786. The molecule has 4 rings (SSSR count). The molecule has 5 heteroatoms. The summed E-state index contributed by atoms with van der Waals surface area (Å²) in [5.41, 5.74) is 2.48. The molecule has 0 saturated heterocycles. The SMILES string of the molecule is Cc1ccc(C(=O)NC2(c3nc(C4CC4)no3)CCCCC2)cc1C. The van der Waals surface area contributed by atoms with Gasteiger partial charge >= 0.3 is 0 Å². The molecule has 0 bridgehead atoms. The van der Waals surface area contributed by atoms with Crippen LogP contribution in [0.5, 0.6) is 0 Å². The maximum absolute atomic E-state index is 12.9. The lowest BCUT2D eigenvalue weighted by molar-refractivity contribution is 0.0824. The summed E-state index contributed by atoms with van der Waals surface area (Å²) in [7, 11) is 0. The molecule has 0 radical (unpaired) electrons. The van der Waals surface area contributed by atoms with E-state index in [4.69, 9.17) is 4.52 Å². The van der Waals surface area contributed by atoms with Crippen LogP contribution in [-0.4, -0.2) is 16.0 Å². The molecule has 1 N–H and O–H groups in total. The summed E-state index contributed by atoms with van der Waals surface area (Å²) in [4.78, 5) is 17.6. The first-order chi connectivity index (χ1) is 12.1. The molecule has 2 aromatic rings. The minimum atomic E-state index is -0.520. The van der Waals surface area contributed by atoms with Gasteiger partial charge in [0.1, 0.15) is 5.54 Å². The molecule has 1 aromatic carbocycles. The van der Waals surface area contributed by atoms with E-state index in [0.29, 0.717) is 17.4 Å². The molecule has 0 unspecified atom stereocenters. The number of nitrogens with one attached hydrogen (secondary N) is 1. The van der Waals surface area contributed by atoms with Crippen molar-refractivity contribution < 1.29 is 9.32 Å². The van der Waals surface area contributed by atoms with Gasteiger partial charge in [-0.25, -0.2) is 0 Å². The third-order valence-electron chi connectivity index (χ3n) is 5.62. The molecule has 2 fully saturated rings. The first kappa shape index (κ1) is 16.3. The number of aromatic nitrogens is 2. The highest BCUT2D eigenvalue weighted by Crippen LogP contribution is 2.41. The van der Waals surface area contributed by atoms with Crippen LogP contribution in [-0.2, 0) is 5.54 Å². The van der Waals surface area contributed by atoms with Gasteiger partial charge in [-0.15, -0.1) is 0 Å². The molecule has 0 aliphatic heterocycles. The van der Waals surface area contributed by atoms with Crippen LogP contribution in [0.15, 0.2) is 22.7 Å². The van der Waals surface area contributed by atoms with Gasteiger partial charge in [0.15, 0.2) is 5.82 Å². The van der Waals surface area contributed by atoms with Gasteiger partial charge in [-0.2, -0.15) is 4.98 Å². The van der Waals surface area contributed by atoms with Crippen LogP contribution in [0, 0.1) is 13.8 Å². The minimum Gasteiger partial charge on any atom is -0.338 e. The third-order valence-corrected chi connectivity index (χ3v) is 5.62. The van der Waals surface area contributed by atoms with E-state index in [1.165, 1.54) is 12.0 Å². The molecule has 5 nitrogen and oxygen atoms in total. The molecule has 1 amide bonds. The Morgan fingerprint density at radius 1 is 1.16 bits per heavy atom. The fraction of sp³-hybridized carbons (Fsp3) is 0.550. The first-order valence-electron chi connectivity index (χ1n) is 9.31. The molecule has 2 saturated carbocycles. The van der Waals surface area contributed by atoms with Crippen molar-refractivity contribution >= 4 is 5.91 Å². The Kier molecular flexibility index (Phi) is 4.10. The number of amides is 1. The van der Waals surface area contributed by atoms with E-state index in [-0.39, 0.29) is 5.91 Å². The maximum Gasteiger partial charge on any atom is 0.252 e. The summed E-state index contributed by atoms with van der Waals surface area (Å²) in [5.74, 6) is 1.79. The summed E-state index contributed by atoms with van der Waals surface area (Å²) in [5, 5.41) is 7.42. The van der Waals surface area contributed by atoms with Crippen molar-refractivity contribution in [3.8, 4) is 0 Å². The molecule has 132 valence electrons. The van der Waals surface area contributed by atoms with Crippen LogP contribution in [0.25, 0.3) is 0 Å². The van der Waals surface area contributed by atoms with Crippen molar-refractivity contribution in [2.75, 3.05) is 0 Å². The number of aryl methyl sites for hydroxylation is 2.